The number of rotatable bonds is 3. The second-order valence-corrected chi connectivity index (χ2v) is 10.5. The number of nitrogens with zero attached hydrogens (tertiary/aromatic N) is 1. The molecule has 7 rings (SSSR count). The van der Waals surface area contributed by atoms with Gasteiger partial charge in [0.15, 0.2) is 0 Å². The van der Waals surface area contributed by atoms with Crippen molar-refractivity contribution < 1.29 is 14.4 Å². The number of carbonyl (C=O) groups excluding carboxylic acids is 3. The summed E-state index contributed by atoms with van der Waals surface area (Å²) in [7, 11) is 0. The van der Waals surface area contributed by atoms with E-state index in [0.717, 1.165) is 20.9 Å². The molecule has 8 heteroatoms. The number of fused-ring (bicyclic) bond motifs is 5. The minimum Gasteiger partial charge on any atom is -0.361 e. The van der Waals surface area contributed by atoms with Crippen LogP contribution < -0.4 is 15.5 Å². The lowest BCUT2D eigenvalue weighted by atomic mass is 9.76. The van der Waals surface area contributed by atoms with Gasteiger partial charge in [-0.15, -0.1) is 0 Å². The molecule has 36 heavy (non-hydrogen) atoms. The van der Waals surface area contributed by atoms with Crippen molar-refractivity contribution in [3.63, 3.8) is 0 Å². The lowest BCUT2D eigenvalue weighted by Crippen LogP contribution is -2.53. The number of aromatic nitrogens is 1. The fraction of sp³-hybridized carbons (Fsp3) is 0.179. The zero-order valence-corrected chi connectivity index (χ0v) is 20.6. The minimum absolute atomic E-state index is 0.276. The van der Waals surface area contributed by atoms with E-state index in [4.69, 9.17) is 0 Å². The van der Waals surface area contributed by atoms with E-state index in [0.29, 0.717) is 23.4 Å². The Morgan fingerprint density at radius 3 is 2.53 bits per heavy atom. The molecule has 0 unspecified atom stereocenters. The normalized spacial score (nSPS) is 26.6. The molecule has 0 saturated carbocycles. The van der Waals surface area contributed by atoms with Crippen LogP contribution in [-0.4, -0.2) is 28.7 Å². The molecule has 4 aromatic rings. The van der Waals surface area contributed by atoms with Crippen LogP contribution in [0.25, 0.3) is 10.9 Å². The summed E-state index contributed by atoms with van der Waals surface area (Å²) in [6, 6.07) is 22.1. The van der Waals surface area contributed by atoms with Gasteiger partial charge in [-0.25, -0.2) is 4.90 Å². The van der Waals surface area contributed by atoms with Crippen LogP contribution in [0.1, 0.15) is 11.1 Å². The Balaban J connectivity index is 1.39. The highest BCUT2D eigenvalue weighted by Gasteiger charge is 2.70. The van der Waals surface area contributed by atoms with E-state index in [9.17, 15) is 14.4 Å². The molecule has 2 saturated heterocycles. The Morgan fingerprint density at radius 2 is 1.69 bits per heavy atom. The van der Waals surface area contributed by atoms with Crippen molar-refractivity contribution in [1.29, 1.82) is 0 Å². The Labute approximate surface area is 215 Å². The molecular formula is C28H21BrN4O3. The van der Waals surface area contributed by atoms with Gasteiger partial charge in [-0.05, 0) is 48.4 Å². The standard InChI is InChI=1S/C28H21BrN4O3/c29-16-10-11-21-19(13-16)28(27(36)31-21)24-23(25(34)33(26(24)35)17-6-2-1-3-7-17)22(32-28)12-15-14-30-20-9-5-4-8-18(15)20/h1-11,13-14,22-24,30,32H,12H2,(H,31,36)/t22-,23-,24+,28-/m1/s1. The highest BCUT2D eigenvalue weighted by atomic mass is 79.9. The van der Waals surface area contributed by atoms with Crippen molar-refractivity contribution in [3.05, 3.63) is 94.6 Å². The molecule has 0 bridgehead atoms. The molecule has 178 valence electrons. The average molecular weight is 541 g/mol. The fourth-order valence-corrected chi connectivity index (χ4v) is 6.68. The maximum absolute atomic E-state index is 14.0. The Morgan fingerprint density at radius 1 is 0.917 bits per heavy atom. The van der Waals surface area contributed by atoms with Crippen molar-refractivity contribution in [2.24, 2.45) is 11.8 Å². The van der Waals surface area contributed by atoms with E-state index < -0.39 is 23.4 Å². The number of imide groups is 1. The molecule has 3 aromatic carbocycles. The number of carbonyl (C=O) groups is 3. The van der Waals surface area contributed by atoms with Crippen LogP contribution in [0.15, 0.2) is 83.5 Å². The quantitative estimate of drug-likeness (QED) is 0.341. The van der Waals surface area contributed by atoms with Crippen LogP contribution in [0.3, 0.4) is 0 Å². The first-order valence-corrected chi connectivity index (χ1v) is 12.7. The summed E-state index contributed by atoms with van der Waals surface area (Å²) in [6.07, 6.45) is 2.44. The molecule has 3 aliphatic heterocycles. The van der Waals surface area contributed by atoms with Crippen molar-refractivity contribution in [1.82, 2.24) is 10.3 Å². The lowest BCUT2D eigenvalue weighted by molar-refractivity contribution is -0.130. The SMILES string of the molecule is O=C1[C@H]2[C@@H](C(=O)N1c1ccccc1)[C@@]1(N[C@@H]2Cc2c[nH]c3ccccc23)C(=O)Nc2ccc(Br)cc21. The Kier molecular flexibility index (Phi) is 4.56. The zero-order valence-electron chi connectivity index (χ0n) is 19.0. The topological polar surface area (TPSA) is 94.3 Å². The second kappa shape index (κ2) is 7.62. The second-order valence-electron chi connectivity index (χ2n) is 9.62. The van der Waals surface area contributed by atoms with Gasteiger partial charge in [0, 0.05) is 38.9 Å². The van der Waals surface area contributed by atoms with Gasteiger partial charge < -0.3 is 10.3 Å². The van der Waals surface area contributed by atoms with Gasteiger partial charge in [-0.2, -0.15) is 0 Å². The first kappa shape index (κ1) is 21.5. The summed E-state index contributed by atoms with van der Waals surface area (Å²) in [5.74, 6) is -2.49. The molecular weight excluding hydrogens is 520 g/mol. The molecule has 0 aliphatic carbocycles. The number of anilines is 2. The summed E-state index contributed by atoms with van der Waals surface area (Å²) < 4.78 is 0.798. The number of para-hydroxylation sites is 2. The minimum atomic E-state index is -1.34. The third-order valence-corrected chi connectivity index (χ3v) is 8.30. The molecule has 3 N–H and O–H groups in total. The average Bonchev–Trinajstić information content (AvgIpc) is 3.59. The predicted molar refractivity (Wildman–Crippen MR) is 139 cm³/mol. The monoisotopic (exact) mass is 540 g/mol. The van der Waals surface area contributed by atoms with Crippen LogP contribution >= 0.6 is 15.9 Å². The number of H-pyrrole nitrogens is 1. The number of halogens is 1. The van der Waals surface area contributed by atoms with Gasteiger partial charge >= 0.3 is 0 Å². The summed E-state index contributed by atoms with van der Waals surface area (Å²) in [5.41, 5.74) is 2.57. The summed E-state index contributed by atoms with van der Waals surface area (Å²) in [4.78, 5) is 46.2. The highest BCUT2D eigenvalue weighted by molar-refractivity contribution is 9.10. The van der Waals surface area contributed by atoms with Gasteiger partial charge in [-0.3, -0.25) is 19.7 Å². The molecule has 0 radical (unpaired) electrons. The van der Waals surface area contributed by atoms with Crippen LogP contribution in [0.4, 0.5) is 11.4 Å². The summed E-state index contributed by atoms with van der Waals surface area (Å²) in [5, 5.41) is 7.54. The van der Waals surface area contributed by atoms with Crippen molar-refractivity contribution in [2.75, 3.05) is 10.2 Å². The van der Waals surface area contributed by atoms with Gasteiger partial charge in [-0.1, -0.05) is 52.3 Å². The van der Waals surface area contributed by atoms with Crippen LogP contribution in [-0.2, 0) is 26.3 Å². The molecule has 4 heterocycles. The summed E-state index contributed by atoms with van der Waals surface area (Å²) >= 11 is 3.52. The Hall–Kier alpha value is -3.75. The number of benzene rings is 3. The largest absolute Gasteiger partial charge is 0.361 e. The number of hydrogen-bond acceptors (Lipinski definition) is 4. The maximum Gasteiger partial charge on any atom is 0.250 e. The zero-order chi connectivity index (χ0) is 24.6. The first-order valence-electron chi connectivity index (χ1n) is 11.9. The van der Waals surface area contributed by atoms with Gasteiger partial charge in [0.1, 0.15) is 5.54 Å². The van der Waals surface area contributed by atoms with E-state index in [-0.39, 0.29) is 17.7 Å². The smallest absolute Gasteiger partial charge is 0.250 e. The van der Waals surface area contributed by atoms with Crippen LogP contribution in [0, 0.1) is 11.8 Å². The van der Waals surface area contributed by atoms with Crippen molar-refractivity contribution in [3.8, 4) is 0 Å². The summed E-state index contributed by atoms with van der Waals surface area (Å²) in [6.45, 7) is 0. The molecule has 1 spiro atoms. The molecule has 3 amide bonds. The van der Waals surface area contributed by atoms with Crippen molar-refractivity contribution in [2.45, 2.75) is 18.0 Å². The highest BCUT2D eigenvalue weighted by Crippen LogP contribution is 2.54. The molecule has 3 aliphatic rings. The maximum atomic E-state index is 14.0. The molecule has 1 aromatic heterocycles. The van der Waals surface area contributed by atoms with E-state index in [2.05, 4.69) is 31.5 Å². The van der Waals surface area contributed by atoms with Crippen molar-refractivity contribution >= 4 is 55.9 Å². The molecule has 7 nitrogen and oxygen atoms in total. The van der Waals surface area contributed by atoms with Crippen LogP contribution in [0.2, 0.25) is 0 Å². The fourth-order valence-electron chi connectivity index (χ4n) is 6.32. The number of nitrogens with one attached hydrogen (secondary N) is 3. The van der Waals surface area contributed by atoms with Crippen LogP contribution in [0.5, 0.6) is 0 Å². The third-order valence-electron chi connectivity index (χ3n) is 7.81. The number of amides is 3. The Bertz CT molecular complexity index is 1580. The predicted octanol–water partition coefficient (Wildman–Crippen LogP) is 4.10. The van der Waals surface area contributed by atoms with E-state index in [1.54, 1.807) is 24.3 Å². The van der Waals surface area contributed by atoms with Gasteiger partial charge in [0.25, 0.3) is 0 Å². The first-order chi connectivity index (χ1) is 17.5. The van der Waals surface area contributed by atoms with E-state index in [1.165, 1.54) is 4.90 Å². The molecule has 4 atom stereocenters. The van der Waals surface area contributed by atoms with E-state index in [1.807, 2.05) is 54.7 Å². The lowest BCUT2D eigenvalue weighted by Gasteiger charge is -2.29. The number of hydrogen-bond donors (Lipinski definition) is 3. The number of aromatic amines is 1. The third kappa shape index (κ3) is 2.79. The van der Waals surface area contributed by atoms with Gasteiger partial charge in [0.2, 0.25) is 17.7 Å². The van der Waals surface area contributed by atoms with Gasteiger partial charge in [0.05, 0.1) is 17.5 Å². The molecule has 2 fully saturated rings. The van der Waals surface area contributed by atoms with E-state index >= 15 is 0 Å².